The van der Waals surface area contributed by atoms with Crippen molar-refractivity contribution in [2.24, 2.45) is 11.5 Å². The van der Waals surface area contributed by atoms with E-state index >= 15 is 0 Å². The number of hydrogen-bond acceptors (Lipinski definition) is 8. The molecule has 0 saturated heterocycles. The highest BCUT2D eigenvalue weighted by molar-refractivity contribution is 5.96. The minimum absolute atomic E-state index is 0.0546. The molecule has 2 atom stereocenters. The largest absolute Gasteiger partial charge is 0.497 e. The molecule has 1 saturated carbocycles. The minimum atomic E-state index is -2.96. The van der Waals surface area contributed by atoms with Crippen molar-refractivity contribution < 1.29 is 23.0 Å². The Kier molecular flexibility index (Phi) is 6.20. The number of hydrogen-bond donors (Lipinski definition) is 4. The third kappa shape index (κ3) is 4.67. The van der Waals surface area contributed by atoms with Gasteiger partial charge in [-0.2, -0.15) is 0 Å². The van der Waals surface area contributed by atoms with Gasteiger partial charge in [-0.05, 0) is 12.8 Å². The second-order valence-electron chi connectivity index (χ2n) is 6.97. The lowest BCUT2D eigenvalue weighted by Gasteiger charge is -2.36. The van der Waals surface area contributed by atoms with E-state index in [0.717, 1.165) is 0 Å². The van der Waals surface area contributed by atoms with Gasteiger partial charge in [-0.3, -0.25) is 4.79 Å². The van der Waals surface area contributed by atoms with Crippen LogP contribution in [0, 0.1) is 0 Å². The SMILES string of the molecule is COc1cc(Nc2nc(N[C@@H]3CCCC(F)(F)[C@@H]3N)cnc2C(N)=O)cc(OC)c1. The van der Waals surface area contributed by atoms with E-state index in [-0.39, 0.29) is 23.8 Å². The second-order valence-corrected chi connectivity index (χ2v) is 6.97. The summed E-state index contributed by atoms with van der Waals surface area (Å²) in [5.74, 6) is -2.50. The van der Waals surface area contributed by atoms with Crippen molar-refractivity contribution in [3.05, 3.63) is 30.1 Å². The van der Waals surface area contributed by atoms with Crippen LogP contribution in [0.15, 0.2) is 24.4 Å². The Morgan fingerprint density at radius 1 is 1.23 bits per heavy atom. The first kappa shape index (κ1) is 21.5. The van der Waals surface area contributed by atoms with Crippen LogP contribution < -0.4 is 31.6 Å². The summed E-state index contributed by atoms with van der Waals surface area (Å²) >= 11 is 0. The molecule has 1 amide bonds. The van der Waals surface area contributed by atoms with Crippen LogP contribution >= 0.6 is 0 Å². The first-order valence-electron chi connectivity index (χ1n) is 9.30. The normalized spacial score (nSPS) is 20.3. The Balaban J connectivity index is 1.89. The van der Waals surface area contributed by atoms with Gasteiger partial charge in [0.2, 0.25) is 0 Å². The van der Waals surface area contributed by atoms with Crippen molar-refractivity contribution in [1.82, 2.24) is 9.97 Å². The molecule has 11 heteroatoms. The number of halogens is 2. The number of methoxy groups -OCH3 is 2. The van der Waals surface area contributed by atoms with E-state index in [9.17, 15) is 13.6 Å². The molecule has 1 aromatic heterocycles. The first-order chi connectivity index (χ1) is 14.2. The number of amides is 1. The quantitative estimate of drug-likeness (QED) is 0.533. The summed E-state index contributed by atoms with van der Waals surface area (Å²) in [4.78, 5) is 20.1. The van der Waals surface area contributed by atoms with Gasteiger partial charge in [-0.25, -0.2) is 18.7 Å². The Morgan fingerprint density at radius 2 is 1.90 bits per heavy atom. The van der Waals surface area contributed by atoms with Crippen LogP contribution in [-0.4, -0.2) is 48.1 Å². The van der Waals surface area contributed by atoms with Gasteiger partial charge in [0.1, 0.15) is 17.3 Å². The van der Waals surface area contributed by atoms with Crippen LogP contribution in [0.5, 0.6) is 11.5 Å². The summed E-state index contributed by atoms with van der Waals surface area (Å²) in [5, 5.41) is 5.86. The number of nitrogens with two attached hydrogens (primary N) is 2. The number of alkyl halides is 2. The van der Waals surface area contributed by atoms with Crippen molar-refractivity contribution in [3.63, 3.8) is 0 Å². The van der Waals surface area contributed by atoms with Crippen LogP contribution in [0.2, 0.25) is 0 Å². The highest BCUT2D eigenvalue weighted by atomic mass is 19.3. The van der Waals surface area contributed by atoms with Crippen molar-refractivity contribution in [2.75, 3.05) is 24.9 Å². The number of nitrogens with one attached hydrogen (secondary N) is 2. The molecule has 6 N–H and O–H groups in total. The number of benzene rings is 1. The first-order valence-corrected chi connectivity index (χ1v) is 9.30. The van der Waals surface area contributed by atoms with Crippen molar-refractivity contribution in [2.45, 2.75) is 37.3 Å². The monoisotopic (exact) mass is 422 g/mol. The van der Waals surface area contributed by atoms with Crippen LogP contribution in [0.1, 0.15) is 29.8 Å². The highest BCUT2D eigenvalue weighted by Crippen LogP contribution is 2.34. The lowest BCUT2D eigenvalue weighted by Crippen LogP contribution is -2.55. The van der Waals surface area contributed by atoms with E-state index in [2.05, 4.69) is 20.6 Å². The maximum Gasteiger partial charge on any atom is 0.271 e. The number of rotatable bonds is 7. The van der Waals surface area contributed by atoms with Crippen molar-refractivity contribution >= 4 is 23.2 Å². The topological polar surface area (TPSA) is 137 Å². The average Bonchev–Trinajstić information content (AvgIpc) is 2.71. The Bertz CT molecular complexity index is 905. The molecule has 162 valence electrons. The molecule has 1 heterocycles. The number of carbonyl (C=O) groups is 1. The molecule has 0 spiro atoms. The van der Waals surface area contributed by atoms with E-state index in [1.807, 2.05) is 0 Å². The molecule has 0 unspecified atom stereocenters. The number of primary amides is 1. The summed E-state index contributed by atoms with van der Waals surface area (Å²) in [6, 6.07) is 2.95. The number of aromatic nitrogens is 2. The van der Waals surface area contributed by atoms with Gasteiger partial charge >= 0.3 is 0 Å². The van der Waals surface area contributed by atoms with Gasteiger partial charge in [0.25, 0.3) is 11.8 Å². The smallest absolute Gasteiger partial charge is 0.271 e. The summed E-state index contributed by atoms with van der Waals surface area (Å²) in [6.45, 7) is 0. The van der Waals surface area contributed by atoms with Crippen LogP contribution in [0.25, 0.3) is 0 Å². The molecule has 1 aliphatic carbocycles. The van der Waals surface area contributed by atoms with Crippen molar-refractivity contribution in [1.29, 1.82) is 0 Å². The summed E-state index contributed by atoms with van der Waals surface area (Å²) in [5.41, 5.74) is 11.5. The maximum absolute atomic E-state index is 13.9. The molecule has 0 radical (unpaired) electrons. The Morgan fingerprint density at radius 3 is 2.50 bits per heavy atom. The molecule has 1 fully saturated rings. The second kappa shape index (κ2) is 8.66. The molecule has 1 aliphatic rings. The minimum Gasteiger partial charge on any atom is -0.497 e. The molecule has 1 aromatic carbocycles. The molecule has 30 heavy (non-hydrogen) atoms. The highest BCUT2D eigenvalue weighted by Gasteiger charge is 2.44. The van der Waals surface area contributed by atoms with Crippen LogP contribution in [0.4, 0.5) is 26.1 Å². The van der Waals surface area contributed by atoms with Gasteiger partial charge in [0, 0.05) is 36.3 Å². The van der Waals surface area contributed by atoms with Crippen LogP contribution in [0.3, 0.4) is 0 Å². The average molecular weight is 422 g/mol. The fourth-order valence-electron chi connectivity index (χ4n) is 3.29. The fourth-order valence-corrected chi connectivity index (χ4v) is 3.29. The Labute approximate surface area is 172 Å². The van der Waals surface area contributed by atoms with Gasteiger partial charge in [-0.15, -0.1) is 0 Å². The van der Waals surface area contributed by atoms with Gasteiger partial charge < -0.3 is 31.6 Å². The third-order valence-corrected chi connectivity index (χ3v) is 4.90. The lowest BCUT2D eigenvalue weighted by molar-refractivity contribution is -0.0554. The molecule has 0 bridgehead atoms. The molecular weight excluding hydrogens is 398 g/mol. The summed E-state index contributed by atoms with van der Waals surface area (Å²) in [6.07, 6.45) is 1.81. The van der Waals surface area contributed by atoms with Gasteiger partial charge in [0.15, 0.2) is 11.5 Å². The van der Waals surface area contributed by atoms with E-state index in [0.29, 0.717) is 30.0 Å². The molecule has 0 aliphatic heterocycles. The van der Waals surface area contributed by atoms with E-state index in [1.165, 1.54) is 20.4 Å². The fraction of sp³-hybridized carbons (Fsp3) is 0.421. The zero-order valence-electron chi connectivity index (χ0n) is 16.6. The Hall–Kier alpha value is -3.21. The molecular formula is C19H24F2N6O3. The van der Waals surface area contributed by atoms with Gasteiger partial charge in [-0.1, -0.05) is 0 Å². The zero-order chi connectivity index (χ0) is 21.9. The number of ether oxygens (including phenoxy) is 2. The third-order valence-electron chi connectivity index (χ3n) is 4.90. The predicted molar refractivity (Wildman–Crippen MR) is 108 cm³/mol. The van der Waals surface area contributed by atoms with E-state index in [4.69, 9.17) is 20.9 Å². The number of carbonyl (C=O) groups excluding carboxylic acids is 1. The molecule has 2 aromatic rings. The van der Waals surface area contributed by atoms with Crippen LogP contribution in [-0.2, 0) is 0 Å². The maximum atomic E-state index is 13.9. The standard InChI is InChI=1S/C19H24F2N6O3/c1-29-11-6-10(7-12(8-11)30-2)25-18-15(17(23)28)24-9-14(27-18)26-13-4-3-5-19(20,21)16(13)22/h6-9,13,16H,3-5,22H2,1-2H3,(H2,23,28)(H2,25,26,27)/t13-,16-/m1/s1. The number of nitrogens with zero attached hydrogens (tertiary/aromatic N) is 2. The number of anilines is 3. The molecule has 3 rings (SSSR count). The zero-order valence-corrected chi connectivity index (χ0v) is 16.6. The summed E-state index contributed by atoms with van der Waals surface area (Å²) < 4.78 is 38.3. The van der Waals surface area contributed by atoms with E-state index < -0.39 is 23.9 Å². The summed E-state index contributed by atoms with van der Waals surface area (Å²) in [7, 11) is 3.00. The van der Waals surface area contributed by atoms with Crippen molar-refractivity contribution in [3.8, 4) is 11.5 Å². The predicted octanol–water partition coefficient (Wildman–Crippen LogP) is 2.26. The van der Waals surface area contributed by atoms with E-state index in [1.54, 1.807) is 18.2 Å². The lowest BCUT2D eigenvalue weighted by atomic mass is 9.87. The van der Waals surface area contributed by atoms with Gasteiger partial charge in [0.05, 0.1) is 26.5 Å². The molecule has 9 nitrogen and oxygen atoms in total.